The standard InChI is InChI=1S/C21H25Cl2NO4S/c1-2-10-24-21(14-6-8-16(22)9-7-14)19(15-4-3-5-17(23)11-15)12-18(13-20(25)26)29(24,27)28/h3-9,11,18-19,21,27-28H,2,10,12-13H2,1H3,(H,25,26). The first-order chi connectivity index (χ1) is 13.7. The quantitative estimate of drug-likeness (QED) is 0.464. The second-order valence-corrected chi connectivity index (χ2v) is 10.4. The Balaban J connectivity index is 2.14. The summed E-state index contributed by atoms with van der Waals surface area (Å²) in [7, 11) is -3.29. The normalized spacial score (nSPS) is 25.5. The number of carboxylic acid groups (broad SMARTS) is 1. The van der Waals surface area contributed by atoms with E-state index in [1.165, 1.54) is 0 Å². The van der Waals surface area contributed by atoms with Crippen LogP contribution in [0.15, 0.2) is 48.5 Å². The van der Waals surface area contributed by atoms with Crippen LogP contribution in [0.25, 0.3) is 0 Å². The van der Waals surface area contributed by atoms with Gasteiger partial charge in [-0.25, -0.2) is 0 Å². The molecule has 0 bridgehead atoms. The van der Waals surface area contributed by atoms with Crippen LogP contribution in [0.3, 0.4) is 0 Å². The van der Waals surface area contributed by atoms with E-state index in [4.69, 9.17) is 23.2 Å². The number of hydrogen-bond acceptors (Lipinski definition) is 4. The minimum atomic E-state index is -3.29. The molecular formula is C21H25Cl2NO4S. The monoisotopic (exact) mass is 457 g/mol. The van der Waals surface area contributed by atoms with E-state index < -0.39 is 22.0 Å². The molecule has 2 aromatic rings. The highest BCUT2D eigenvalue weighted by Gasteiger charge is 2.47. The molecule has 1 aliphatic heterocycles. The average Bonchev–Trinajstić information content (AvgIpc) is 2.66. The molecule has 0 amide bonds. The molecular weight excluding hydrogens is 433 g/mol. The maximum absolute atomic E-state index is 11.4. The SMILES string of the molecule is CCCN1C(c2ccc(Cl)cc2)C(c2cccc(Cl)c2)CC(CC(=O)O)S1(O)O. The second-order valence-electron chi connectivity index (χ2n) is 7.32. The van der Waals surface area contributed by atoms with Gasteiger partial charge in [0.15, 0.2) is 0 Å². The molecule has 5 nitrogen and oxygen atoms in total. The minimum absolute atomic E-state index is 0.147. The van der Waals surface area contributed by atoms with Crippen LogP contribution in [-0.4, -0.2) is 36.3 Å². The maximum atomic E-state index is 11.4. The second kappa shape index (κ2) is 9.25. The molecule has 0 spiro atoms. The summed E-state index contributed by atoms with van der Waals surface area (Å²) in [6.45, 7) is 2.40. The first kappa shape index (κ1) is 22.4. The molecule has 0 saturated carbocycles. The van der Waals surface area contributed by atoms with Crippen molar-refractivity contribution < 1.29 is 19.0 Å². The van der Waals surface area contributed by atoms with Gasteiger partial charge in [0, 0.05) is 22.5 Å². The lowest BCUT2D eigenvalue weighted by molar-refractivity contribution is -0.137. The molecule has 158 valence electrons. The van der Waals surface area contributed by atoms with Crippen molar-refractivity contribution in [1.29, 1.82) is 0 Å². The van der Waals surface area contributed by atoms with Crippen LogP contribution in [0.2, 0.25) is 10.0 Å². The van der Waals surface area contributed by atoms with E-state index in [0.29, 0.717) is 29.4 Å². The molecule has 3 rings (SSSR count). The number of carboxylic acids is 1. The van der Waals surface area contributed by atoms with Crippen LogP contribution in [0, 0.1) is 0 Å². The van der Waals surface area contributed by atoms with Crippen molar-refractivity contribution in [2.75, 3.05) is 6.54 Å². The number of halogens is 2. The molecule has 3 unspecified atom stereocenters. The largest absolute Gasteiger partial charge is 0.481 e. The Kier molecular flexibility index (Phi) is 7.14. The van der Waals surface area contributed by atoms with Crippen LogP contribution in [0.1, 0.15) is 49.3 Å². The maximum Gasteiger partial charge on any atom is 0.305 e. The van der Waals surface area contributed by atoms with Crippen molar-refractivity contribution in [2.45, 2.75) is 43.4 Å². The molecule has 1 saturated heterocycles. The Labute approximate surface area is 182 Å². The van der Waals surface area contributed by atoms with Gasteiger partial charge >= 0.3 is 5.97 Å². The van der Waals surface area contributed by atoms with Gasteiger partial charge < -0.3 is 5.11 Å². The number of carbonyl (C=O) groups is 1. The summed E-state index contributed by atoms with van der Waals surface area (Å²) in [6, 6.07) is 14.5. The average molecular weight is 458 g/mol. The third-order valence-corrected chi connectivity index (χ3v) is 8.18. The zero-order chi connectivity index (χ0) is 21.2. The molecule has 0 radical (unpaired) electrons. The fraction of sp³-hybridized carbons (Fsp3) is 0.381. The van der Waals surface area contributed by atoms with E-state index in [2.05, 4.69) is 0 Å². The molecule has 29 heavy (non-hydrogen) atoms. The molecule has 1 heterocycles. The summed E-state index contributed by atoms with van der Waals surface area (Å²) < 4.78 is 24.0. The van der Waals surface area contributed by atoms with Gasteiger partial charge in [-0.2, -0.15) is 4.31 Å². The number of aliphatic carboxylic acids is 1. The summed E-state index contributed by atoms with van der Waals surface area (Å²) in [6.07, 6.45) is 0.734. The number of hydrogen-bond donors (Lipinski definition) is 3. The molecule has 1 fully saturated rings. The smallest absolute Gasteiger partial charge is 0.305 e. The fourth-order valence-electron chi connectivity index (χ4n) is 4.10. The summed E-state index contributed by atoms with van der Waals surface area (Å²) >= 11 is 12.3. The van der Waals surface area contributed by atoms with Crippen molar-refractivity contribution in [3.63, 3.8) is 0 Å². The zero-order valence-electron chi connectivity index (χ0n) is 16.0. The van der Waals surface area contributed by atoms with E-state index >= 15 is 0 Å². The van der Waals surface area contributed by atoms with Gasteiger partial charge in [-0.1, -0.05) is 54.4 Å². The van der Waals surface area contributed by atoms with Gasteiger partial charge in [-0.05, 0) is 48.2 Å². The Morgan fingerprint density at radius 1 is 1.10 bits per heavy atom. The van der Waals surface area contributed by atoms with Crippen LogP contribution >= 0.6 is 34.0 Å². The Morgan fingerprint density at radius 2 is 1.79 bits per heavy atom. The van der Waals surface area contributed by atoms with E-state index in [1.54, 1.807) is 22.5 Å². The number of nitrogens with zero attached hydrogens (tertiary/aromatic N) is 1. The third kappa shape index (κ3) is 4.90. The van der Waals surface area contributed by atoms with Crippen LogP contribution in [0.5, 0.6) is 0 Å². The topological polar surface area (TPSA) is 81.0 Å². The predicted molar refractivity (Wildman–Crippen MR) is 119 cm³/mol. The Bertz CT molecular complexity index is 862. The van der Waals surface area contributed by atoms with E-state index in [0.717, 1.165) is 11.1 Å². The van der Waals surface area contributed by atoms with Crippen molar-refractivity contribution in [2.24, 2.45) is 0 Å². The van der Waals surface area contributed by atoms with Crippen molar-refractivity contribution >= 4 is 39.9 Å². The van der Waals surface area contributed by atoms with Crippen LogP contribution in [0.4, 0.5) is 0 Å². The van der Waals surface area contributed by atoms with Crippen LogP contribution in [-0.2, 0) is 4.79 Å². The summed E-state index contributed by atoms with van der Waals surface area (Å²) in [4.78, 5) is 11.4. The lowest BCUT2D eigenvalue weighted by atomic mass is 9.82. The number of rotatable bonds is 6. The highest BCUT2D eigenvalue weighted by molar-refractivity contribution is 8.22. The highest BCUT2D eigenvalue weighted by Crippen LogP contribution is 2.63. The van der Waals surface area contributed by atoms with Crippen molar-refractivity contribution in [3.05, 3.63) is 69.7 Å². The van der Waals surface area contributed by atoms with E-state index in [9.17, 15) is 19.0 Å². The van der Waals surface area contributed by atoms with Gasteiger partial charge in [0.05, 0.1) is 17.7 Å². The lowest BCUT2D eigenvalue weighted by Gasteiger charge is -2.57. The lowest BCUT2D eigenvalue weighted by Crippen LogP contribution is -2.46. The van der Waals surface area contributed by atoms with E-state index in [1.807, 2.05) is 37.3 Å². The molecule has 8 heteroatoms. The highest BCUT2D eigenvalue weighted by atomic mass is 35.5. The van der Waals surface area contributed by atoms with Crippen molar-refractivity contribution in [1.82, 2.24) is 4.31 Å². The first-order valence-corrected chi connectivity index (χ1v) is 11.8. The molecule has 0 aromatic heterocycles. The molecule has 1 aliphatic rings. The molecule has 2 aromatic carbocycles. The number of benzene rings is 2. The van der Waals surface area contributed by atoms with Gasteiger partial charge in [-0.15, -0.1) is 10.8 Å². The minimum Gasteiger partial charge on any atom is -0.481 e. The fourth-order valence-corrected chi connectivity index (χ4v) is 6.69. The molecule has 0 aliphatic carbocycles. The summed E-state index contributed by atoms with van der Waals surface area (Å²) in [5.41, 5.74) is 1.85. The summed E-state index contributed by atoms with van der Waals surface area (Å²) in [5, 5.41) is 9.79. The zero-order valence-corrected chi connectivity index (χ0v) is 18.4. The third-order valence-electron chi connectivity index (χ3n) is 5.34. The predicted octanol–water partition coefficient (Wildman–Crippen LogP) is 6.44. The summed E-state index contributed by atoms with van der Waals surface area (Å²) in [5.74, 6) is -1.19. The van der Waals surface area contributed by atoms with Gasteiger partial charge in [0.2, 0.25) is 0 Å². The Morgan fingerprint density at radius 3 is 2.38 bits per heavy atom. The van der Waals surface area contributed by atoms with Crippen LogP contribution < -0.4 is 0 Å². The van der Waals surface area contributed by atoms with Gasteiger partial charge in [0.1, 0.15) is 0 Å². The van der Waals surface area contributed by atoms with E-state index in [-0.39, 0.29) is 18.4 Å². The Hall–Kier alpha value is -1.28. The molecule has 3 N–H and O–H groups in total. The van der Waals surface area contributed by atoms with Gasteiger partial charge in [0.25, 0.3) is 0 Å². The van der Waals surface area contributed by atoms with Gasteiger partial charge in [-0.3, -0.25) is 13.9 Å². The first-order valence-electron chi connectivity index (χ1n) is 9.50. The molecule has 3 atom stereocenters. The van der Waals surface area contributed by atoms with Crippen molar-refractivity contribution in [3.8, 4) is 0 Å².